The summed E-state index contributed by atoms with van der Waals surface area (Å²) in [6.45, 7) is 3.67. The normalized spacial score (nSPS) is 17.8. The number of carbonyl (C=O) groups excluding carboxylic acids is 2. The topological polar surface area (TPSA) is 55.8 Å². The van der Waals surface area contributed by atoms with E-state index in [-0.39, 0.29) is 5.78 Å². The minimum absolute atomic E-state index is 0.246. The van der Waals surface area contributed by atoms with Gasteiger partial charge in [-0.1, -0.05) is 19.1 Å². The molecule has 1 aliphatic rings. The number of hydrogen-bond acceptors (Lipinski definition) is 5. The van der Waals surface area contributed by atoms with E-state index < -0.39 is 11.6 Å². The summed E-state index contributed by atoms with van der Waals surface area (Å²) in [5.74, 6) is 0.655. The summed E-state index contributed by atoms with van der Waals surface area (Å²) < 4.78 is 9.60. The van der Waals surface area contributed by atoms with Crippen molar-refractivity contribution >= 4 is 11.9 Å². The molecule has 1 fully saturated rings. The molecule has 0 N–H and O–H groups in total. The average molecular weight is 305 g/mol. The van der Waals surface area contributed by atoms with E-state index in [2.05, 4.69) is 16.7 Å². The van der Waals surface area contributed by atoms with Crippen LogP contribution in [-0.2, 0) is 14.9 Å². The third-order valence-corrected chi connectivity index (χ3v) is 4.45. The lowest BCUT2D eigenvalue weighted by molar-refractivity contribution is -0.126. The Morgan fingerprint density at radius 1 is 1.27 bits per heavy atom. The van der Waals surface area contributed by atoms with Gasteiger partial charge in [0.15, 0.2) is 0 Å². The Bertz CT molecular complexity index is 547. The van der Waals surface area contributed by atoms with E-state index >= 15 is 0 Å². The van der Waals surface area contributed by atoms with Gasteiger partial charge in [0.2, 0.25) is 0 Å². The van der Waals surface area contributed by atoms with Crippen LogP contribution in [0.5, 0.6) is 5.75 Å². The molecule has 2 rings (SSSR count). The van der Waals surface area contributed by atoms with Crippen LogP contribution in [0.4, 0.5) is 4.79 Å². The molecule has 0 radical (unpaired) electrons. The van der Waals surface area contributed by atoms with Crippen molar-refractivity contribution in [2.75, 3.05) is 27.2 Å². The smallest absolute Gasteiger partial charge is 0.437 e. The van der Waals surface area contributed by atoms with Crippen LogP contribution in [0.2, 0.25) is 0 Å². The first-order chi connectivity index (χ1) is 10.5. The van der Waals surface area contributed by atoms with Crippen LogP contribution < -0.4 is 4.74 Å². The molecule has 0 saturated carbocycles. The van der Waals surface area contributed by atoms with Crippen molar-refractivity contribution in [1.29, 1.82) is 0 Å². The summed E-state index contributed by atoms with van der Waals surface area (Å²) in [5.41, 5.74) is 0.449. The summed E-state index contributed by atoms with van der Waals surface area (Å²) in [6, 6.07) is 7.24. The number of piperidine rings is 1. The Hall–Kier alpha value is -1.88. The highest BCUT2D eigenvalue weighted by molar-refractivity contribution is 5.90. The molecule has 0 bridgehead atoms. The monoisotopic (exact) mass is 305 g/mol. The van der Waals surface area contributed by atoms with Gasteiger partial charge in [-0.05, 0) is 50.7 Å². The second-order valence-corrected chi connectivity index (χ2v) is 5.75. The third-order valence-electron chi connectivity index (χ3n) is 4.45. The highest BCUT2D eigenvalue weighted by Crippen LogP contribution is 2.38. The molecule has 1 saturated heterocycles. The number of rotatable bonds is 4. The SMILES string of the molecule is CCC(=O)C1(c2cccc(OC(=O)OC)c2)CCN(C)CC1. The fraction of sp³-hybridized carbons (Fsp3) is 0.529. The standard InChI is InChI=1S/C17H23NO4/c1-4-15(19)17(8-10-18(2)11-9-17)13-6-5-7-14(12-13)22-16(20)21-3/h5-7,12H,4,8-11H2,1-3H3. The summed E-state index contributed by atoms with van der Waals surface area (Å²) >= 11 is 0. The van der Waals surface area contributed by atoms with Gasteiger partial charge in [0.05, 0.1) is 12.5 Å². The van der Waals surface area contributed by atoms with Gasteiger partial charge in [0.25, 0.3) is 0 Å². The lowest BCUT2D eigenvalue weighted by Crippen LogP contribution is -2.46. The van der Waals surface area contributed by atoms with Crippen LogP contribution in [0.1, 0.15) is 31.7 Å². The lowest BCUT2D eigenvalue weighted by Gasteiger charge is -2.40. The number of Topliss-reactive ketones (excluding diaryl/α,β-unsaturated/α-hetero) is 1. The van der Waals surface area contributed by atoms with E-state index in [1.807, 2.05) is 19.1 Å². The Morgan fingerprint density at radius 2 is 1.95 bits per heavy atom. The predicted octanol–water partition coefficient (Wildman–Crippen LogP) is 2.77. The molecular weight excluding hydrogens is 282 g/mol. The summed E-state index contributed by atoms with van der Waals surface area (Å²) in [7, 11) is 3.34. The summed E-state index contributed by atoms with van der Waals surface area (Å²) in [4.78, 5) is 26.1. The van der Waals surface area contributed by atoms with E-state index in [0.717, 1.165) is 31.5 Å². The second-order valence-electron chi connectivity index (χ2n) is 5.75. The van der Waals surface area contributed by atoms with Crippen molar-refractivity contribution in [3.63, 3.8) is 0 Å². The van der Waals surface area contributed by atoms with Crippen LogP contribution in [0.15, 0.2) is 24.3 Å². The van der Waals surface area contributed by atoms with Gasteiger partial charge in [-0.25, -0.2) is 4.79 Å². The molecular formula is C17H23NO4. The number of likely N-dealkylation sites (tertiary alicyclic amines) is 1. The molecule has 0 unspecified atom stereocenters. The molecule has 22 heavy (non-hydrogen) atoms. The molecule has 0 spiro atoms. The molecule has 1 heterocycles. The highest BCUT2D eigenvalue weighted by atomic mass is 16.7. The van der Waals surface area contributed by atoms with Crippen LogP contribution in [-0.4, -0.2) is 44.1 Å². The van der Waals surface area contributed by atoms with Gasteiger partial charge in [-0.15, -0.1) is 0 Å². The maximum atomic E-state index is 12.6. The maximum absolute atomic E-state index is 12.6. The van der Waals surface area contributed by atoms with Crippen LogP contribution in [0.25, 0.3) is 0 Å². The molecule has 0 amide bonds. The molecule has 1 aromatic carbocycles. The van der Waals surface area contributed by atoms with Crippen molar-refractivity contribution < 1.29 is 19.1 Å². The fourth-order valence-electron chi connectivity index (χ4n) is 3.06. The van der Waals surface area contributed by atoms with Gasteiger partial charge in [-0.2, -0.15) is 0 Å². The van der Waals surface area contributed by atoms with Crippen LogP contribution >= 0.6 is 0 Å². The predicted molar refractivity (Wildman–Crippen MR) is 83.2 cm³/mol. The van der Waals surface area contributed by atoms with E-state index in [9.17, 15) is 9.59 Å². The van der Waals surface area contributed by atoms with E-state index in [0.29, 0.717) is 12.2 Å². The number of methoxy groups -OCH3 is 1. The van der Waals surface area contributed by atoms with Crippen molar-refractivity contribution in [2.24, 2.45) is 0 Å². The molecule has 0 atom stereocenters. The number of hydrogen-bond donors (Lipinski definition) is 0. The van der Waals surface area contributed by atoms with Crippen LogP contribution in [0, 0.1) is 0 Å². The minimum atomic E-state index is -0.753. The van der Waals surface area contributed by atoms with Gasteiger partial charge in [-0.3, -0.25) is 4.79 Å². The first-order valence-corrected chi connectivity index (χ1v) is 7.60. The Balaban J connectivity index is 2.34. The Morgan fingerprint density at radius 3 is 2.55 bits per heavy atom. The quantitative estimate of drug-likeness (QED) is 0.632. The Labute approximate surface area is 131 Å². The molecule has 0 aromatic heterocycles. The van der Waals surface area contributed by atoms with Crippen molar-refractivity contribution in [1.82, 2.24) is 4.90 Å². The number of nitrogens with zero attached hydrogens (tertiary/aromatic N) is 1. The number of benzene rings is 1. The van der Waals surface area contributed by atoms with E-state index in [1.165, 1.54) is 7.11 Å². The average Bonchev–Trinajstić information content (AvgIpc) is 2.55. The summed E-state index contributed by atoms with van der Waals surface area (Å²) in [5, 5.41) is 0. The zero-order chi connectivity index (χ0) is 16.2. The number of carbonyl (C=O) groups is 2. The number of ketones is 1. The largest absolute Gasteiger partial charge is 0.513 e. The van der Waals surface area contributed by atoms with Gasteiger partial charge >= 0.3 is 6.16 Å². The lowest BCUT2D eigenvalue weighted by atomic mass is 9.69. The van der Waals surface area contributed by atoms with E-state index in [1.54, 1.807) is 12.1 Å². The van der Waals surface area contributed by atoms with Crippen molar-refractivity contribution in [3.8, 4) is 5.75 Å². The molecule has 1 aromatic rings. The molecule has 1 aliphatic heterocycles. The molecule has 5 nitrogen and oxygen atoms in total. The maximum Gasteiger partial charge on any atom is 0.513 e. The Kier molecular flexibility index (Phi) is 5.19. The zero-order valence-electron chi connectivity index (χ0n) is 13.4. The highest BCUT2D eigenvalue weighted by Gasteiger charge is 2.41. The molecule has 120 valence electrons. The van der Waals surface area contributed by atoms with Gasteiger partial charge in [0, 0.05) is 6.42 Å². The first kappa shape index (κ1) is 16.5. The van der Waals surface area contributed by atoms with Gasteiger partial charge in [0.1, 0.15) is 11.5 Å². The second kappa shape index (κ2) is 6.92. The number of ether oxygens (including phenoxy) is 2. The van der Waals surface area contributed by atoms with Gasteiger partial charge < -0.3 is 14.4 Å². The van der Waals surface area contributed by atoms with E-state index in [4.69, 9.17) is 4.74 Å². The summed E-state index contributed by atoms with van der Waals surface area (Å²) in [6.07, 6.45) is 1.33. The third kappa shape index (κ3) is 3.30. The first-order valence-electron chi connectivity index (χ1n) is 7.60. The molecule has 0 aliphatic carbocycles. The molecule has 5 heteroatoms. The van der Waals surface area contributed by atoms with Crippen molar-refractivity contribution in [3.05, 3.63) is 29.8 Å². The fourth-order valence-corrected chi connectivity index (χ4v) is 3.06. The van der Waals surface area contributed by atoms with Crippen molar-refractivity contribution in [2.45, 2.75) is 31.6 Å². The zero-order valence-corrected chi connectivity index (χ0v) is 13.4. The van der Waals surface area contributed by atoms with Crippen LogP contribution in [0.3, 0.4) is 0 Å². The minimum Gasteiger partial charge on any atom is -0.437 e.